The standard InChI is InChI=1S/C21H21Cl2N3O3S2/c1-29-21(28)19-16(6-9-31-19)24-25-20(27)18(14-3-2-13(22)10-15(14)23)26-7-4-17-12(11-26)5-8-30-17/h2-3,5,8,10,18-19H,4,6-7,9,11H2,1H3,(H,25,27)/b24-16+. The Morgan fingerprint density at radius 1 is 1.29 bits per heavy atom. The number of amides is 1. The molecule has 2 aliphatic rings. The fraction of sp³-hybridized carbons (Fsp3) is 0.381. The van der Waals surface area contributed by atoms with Gasteiger partial charge >= 0.3 is 5.97 Å². The number of esters is 1. The van der Waals surface area contributed by atoms with E-state index in [1.165, 1.54) is 29.3 Å². The molecule has 1 aromatic heterocycles. The third-order valence-corrected chi connectivity index (χ3v) is 8.20. The van der Waals surface area contributed by atoms with Crippen LogP contribution in [0, 0.1) is 0 Å². The van der Waals surface area contributed by atoms with Crippen LogP contribution in [0.2, 0.25) is 10.0 Å². The number of hydrogen-bond acceptors (Lipinski definition) is 7. The van der Waals surface area contributed by atoms with Crippen molar-refractivity contribution in [1.29, 1.82) is 0 Å². The van der Waals surface area contributed by atoms with Crippen LogP contribution < -0.4 is 5.43 Å². The number of nitrogens with zero attached hydrogens (tertiary/aromatic N) is 2. The van der Waals surface area contributed by atoms with Crippen molar-refractivity contribution in [2.45, 2.75) is 30.7 Å². The maximum Gasteiger partial charge on any atom is 0.324 e. The van der Waals surface area contributed by atoms with E-state index in [0.29, 0.717) is 34.3 Å². The Balaban J connectivity index is 1.60. The highest BCUT2D eigenvalue weighted by Crippen LogP contribution is 2.35. The van der Waals surface area contributed by atoms with Crippen molar-refractivity contribution in [1.82, 2.24) is 10.3 Å². The Morgan fingerprint density at radius 3 is 2.90 bits per heavy atom. The summed E-state index contributed by atoms with van der Waals surface area (Å²) in [4.78, 5) is 28.8. The van der Waals surface area contributed by atoms with Crippen molar-refractivity contribution >= 4 is 63.9 Å². The molecule has 0 aliphatic carbocycles. The lowest BCUT2D eigenvalue weighted by atomic mass is 10.0. The van der Waals surface area contributed by atoms with Crippen LogP contribution in [-0.4, -0.2) is 47.1 Å². The van der Waals surface area contributed by atoms with Gasteiger partial charge in [-0.25, -0.2) is 5.43 Å². The molecule has 0 spiro atoms. The SMILES string of the molecule is COC(=O)C1SCC/C1=N\NC(=O)C(c1ccc(Cl)cc1Cl)N1CCc2sccc2C1. The summed E-state index contributed by atoms with van der Waals surface area (Å²) in [6, 6.07) is 6.63. The predicted octanol–water partition coefficient (Wildman–Crippen LogP) is 4.31. The van der Waals surface area contributed by atoms with Crippen LogP contribution in [-0.2, 0) is 27.3 Å². The molecule has 4 rings (SSSR count). The Bertz CT molecular complexity index is 1030. The Hall–Kier alpha value is -1.58. The van der Waals surface area contributed by atoms with Crippen molar-refractivity contribution in [3.63, 3.8) is 0 Å². The molecule has 0 bridgehead atoms. The topological polar surface area (TPSA) is 71.0 Å². The molecule has 1 saturated heterocycles. The first kappa shape index (κ1) is 22.6. The molecule has 0 radical (unpaired) electrons. The van der Waals surface area contributed by atoms with Gasteiger partial charge in [0.15, 0.2) is 0 Å². The minimum absolute atomic E-state index is 0.295. The molecule has 10 heteroatoms. The average molecular weight is 498 g/mol. The molecule has 1 amide bonds. The van der Waals surface area contributed by atoms with Gasteiger partial charge in [-0.3, -0.25) is 14.5 Å². The molecule has 3 heterocycles. The number of methoxy groups -OCH3 is 1. The summed E-state index contributed by atoms with van der Waals surface area (Å²) in [5.74, 6) is 0.110. The largest absolute Gasteiger partial charge is 0.468 e. The molecule has 1 fully saturated rings. The lowest BCUT2D eigenvalue weighted by Gasteiger charge is -2.34. The highest BCUT2D eigenvalue weighted by molar-refractivity contribution is 8.01. The van der Waals surface area contributed by atoms with Gasteiger partial charge in [0.1, 0.15) is 11.3 Å². The van der Waals surface area contributed by atoms with E-state index in [9.17, 15) is 9.59 Å². The molecule has 164 valence electrons. The molecular weight excluding hydrogens is 477 g/mol. The van der Waals surface area contributed by atoms with Crippen molar-refractivity contribution in [3.05, 3.63) is 55.7 Å². The van der Waals surface area contributed by atoms with Crippen molar-refractivity contribution in [3.8, 4) is 0 Å². The minimum atomic E-state index is -0.632. The number of carbonyl (C=O) groups is 2. The van der Waals surface area contributed by atoms with E-state index in [2.05, 4.69) is 26.9 Å². The summed E-state index contributed by atoms with van der Waals surface area (Å²) in [5.41, 5.74) is 5.20. The first-order chi connectivity index (χ1) is 15.0. The Morgan fingerprint density at radius 2 is 2.13 bits per heavy atom. The number of thioether (sulfide) groups is 1. The number of nitrogens with one attached hydrogen (secondary N) is 1. The molecular formula is C21H21Cl2N3O3S2. The lowest BCUT2D eigenvalue weighted by molar-refractivity contribution is -0.138. The number of fused-ring (bicyclic) bond motifs is 1. The summed E-state index contributed by atoms with van der Waals surface area (Å²) in [6.45, 7) is 1.37. The number of carbonyl (C=O) groups excluding carboxylic acids is 2. The van der Waals surface area contributed by atoms with Crippen molar-refractivity contribution in [2.75, 3.05) is 19.4 Å². The fourth-order valence-corrected chi connectivity index (χ4v) is 6.40. The first-order valence-electron chi connectivity index (χ1n) is 9.78. The van der Waals surface area contributed by atoms with E-state index in [-0.39, 0.29) is 11.9 Å². The second-order valence-electron chi connectivity index (χ2n) is 7.26. The maximum absolute atomic E-state index is 13.4. The van der Waals surface area contributed by atoms with Gasteiger partial charge in [0, 0.05) is 28.0 Å². The number of hydrazone groups is 1. The van der Waals surface area contributed by atoms with Crippen LogP contribution in [0.3, 0.4) is 0 Å². The fourth-order valence-electron chi connectivity index (χ4n) is 3.84. The molecule has 2 unspecified atom stereocenters. The van der Waals surface area contributed by atoms with Crippen LogP contribution in [0.1, 0.15) is 28.5 Å². The molecule has 2 aliphatic heterocycles. The quantitative estimate of drug-likeness (QED) is 0.492. The van der Waals surface area contributed by atoms with Crippen LogP contribution in [0.5, 0.6) is 0 Å². The Kier molecular flexibility index (Phi) is 7.23. The van der Waals surface area contributed by atoms with E-state index >= 15 is 0 Å². The number of rotatable bonds is 5. The van der Waals surface area contributed by atoms with Gasteiger partial charge < -0.3 is 4.74 Å². The summed E-state index contributed by atoms with van der Waals surface area (Å²) in [6.07, 6.45) is 1.50. The Labute approximate surface area is 198 Å². The van der Waals surface area contributed by atoms with Crippen LogP contribution >= 0.6 is 46.3 Å². The second-order valence-corrected chi connectivity index (χ2v) is 10.3. The van der Waals surface area contributed by atoms with Gasteiger partial charge in [0.25, 0.3) is 5.91 Å². The summed E-state index contributed by atoms with van der Waals surface area (Å²) >= 11 is 15.8. The van der Waals surface area contributed by atoms with E-state index in [1.54, 1.807) is 29.5 Å². The third kappa shape index (κ3) is 4.93. The third-order valence-electron chi connectivity index (χ3n) is 5.38. The van der Waals surface area contributed by atoms with Gasteiger partial charge in [-0.1, -0.05) is 29.3 Å². The van der Waals surface area contributed by atoms with Crippen LogP contribution in [0.15, 0.2) is 34.7 Å². The molecule has 31 heavy (non-hydrogen) atoms. The second kappa shape index (κ2) is 9.92. The van der Waals surface area contributed by atoms with Gasteiger partial charge in [-0.15, -0.1) is 23.1 Å². The average Bonchev–Trinajstić information content (AvgIpc) is 3.42. The van der Waals surface area contributed by atoms with Crippen LogP contribution in [0.4, 0.5) is 0 Å². The smallest absolute Gasteiger partial charge is 0.324 e. The van der Waals surface area contributed by atoms with Crippen LogP contribution in [0.25, 0.3) is 0 Å². The summed E-state index contributed by atoms with van der Waals surface area (Å²) in [7, 11) is 1.35. The molecule has 2 atom stereocenters. The predicted molar refractivity (Wildman–Crippen MR) is 126 cm³/mol. The van der Waals surface area contributed by atoms with Gasteiger partial charge in [0.05, 0.1) is 12.8 Å². The number of hydrogen-bond donors (Lipinski definition) is 1. The molecule has 1 aromatic carbocycles. The molecule has 1 N–H and O–H groups in total. The summed E-state index contributed by atoms with van der Waals surface area (Å²) < 4.78 is 4.85. The lowest BCUT2D eigenvalue weighted by Crippen LogP contribution is -2.42. The van der Waals surface area contributed by atoms with Crippen molar-refractivity contribution < 1.29 is 14.3 Å². The number of thiophene rings is 1. The highest BCUT2D eigenvalue weighted by Gasteiger charge is 2.34. The van der Waals surface area contributed by atoms with Gasteiger partial charge in [-0.05, 0) is 53.3 Å². The van der Waals surface area contributed by atoms with Gasteiger partial charge in [0.2, 0.25) is 0 Å². The van der Waals surface area contributed by atoms with Crippen molar-refractivity contribution in [2.24, 2.45) is 5.10 Å². The van der Waals surface area contributed by atoms with E-state index in [0.717, 1.165) is 18.7 Å². The highest BCUT2D eigenvalue weighted by atomic mass is 35.5. The molecule has 0 saturated carbocycles. The van der Waals surface area contributed by atoms with Gasteiger partial charge in [-0.2, -0.15) is 5.10 Å². The number of halogens is 2. The minimum Gasteiger partial charge on any atom is -0.468 e. The zero-order chi connectivity index (χ0) is 22.0. The monoisotopic (exact) mass is 497 g/mol. The zero-order valence-corrected chi connectivity index (χ0v) is 19.9. The molecule has 6 nitrogen and oxygen atoms in total. The van der Waals surface area contributed by atoms with E-state index < -0.39 is 11.3 Å². The number of ether oxygens (including phenoxy) is 1. The normalized spacial score (nSPS) is 21.0. The van der Waals surface area contributed by atoms with E-state index in [1.807, 2.05) is 0 Å². The molecule has 2 aromatic rings. The number of benzene rings is 1. The van der Waals surface area contributed by atoms with E-state index in [4.69, 9.17) is 27.9 Å². The summed E-state index contributed by atoms with van der Waals surface area (Å²) in [5, 5.41) is 6.84. The zero-order valence-electron chi connectivity index (χ0n) is 16.8. The maximum atomic E-state index is 13.4. The first-order valence-corrected chi connectivity index (χ1v) is 12.5.